The number of carboxylic acid groups (broad SMARTS) is 1. The quantitative estimate of drug-likeness (QED) is 0.329. The van der Waals surface area contributed by atoms with E-state index in [0.717, 1.165) is 0 Å². The molecule has 32 heavy (non-hydrogen) atoms. The molecule has 2 aromatic rings. The van der Waals surface area contributed by atoms with E-state index in [1.807, 2.05) is 0 Å². The van der Waals surface area contributed by atoms with E-state index in [1.54, 1.807) is 12.1 Å². The van der Waals surface area contributed by atoms with E-state index in [1.165, 1.54) is 12.3 Å². The van der Waals surface area contributed by atoms with Crippen molar-refractivity contribution < 1.29 is 49.0 Å². The van der Waals surface area contributed by atoms with Crippen LogP contribution in [0.25, 0.3) is 10.9 Å². The summed E-state index contributed by atoms with van der Waals surface area (Å²) in [5.74, 6) is -3.59. The fourth-order valence-electron chi connectivity index (χ4n) is 3.01. The van der Waals surface area contributed by atoms with Crippen LogP contribution in [0.15, 0.2) is 24.4 Å². The average molecular weight is 490 g/mol. The van der Waals surface area contributed by atoms with Crippen LogP contribution >= 0.6 is 23.2 Å². The van der Waals surface area contributed by atoms with Crippen molar-refractivity contribution in [1.29, 1.82) is 0 Å². The first kappa shape index (κ1) is 24.1. The number of carbonyl (C=O) groups excluding carboxylic acids is 2. The largest absolute Gasteiger partial charge is 0.481 e. The normalized spacial score (nSPS) is 25.3. The van der Waals surface area contributed by atoms with Crippen molar-refractivity contribution in [3.63, 3.8) is 0 Å². The maximum Gasteiger partial charge on any atom is 0.344 e. The van der Waals surface area contributed by atoms with E-state index >= 15 is 0 Å². The molecule has 0 aliphatic carbocycles. The topological polar surface area (TPSA) is 173 Å². The van der Waals surface area contributed by atoms with Gasteiger partial charge in [-0.15, -0.1) is 0 Å². The summed E-state index contributed by atoms with van der Waals surface area (Å²) in [5.41, 5.74) is 0.0126. The van der Waals surface area contributed by atoms with Gasteiger partial charge in [-0.3, -0.25) is 14.6 Å². The number of aromatic nitrogens is 1. The van der Waals surface area contributed by atoms with Gasteiger partial charge in [0.15, 0.2) is 0 Å². The highest BCUT2D eigenvalue weighted by Gasteiger charge is 2.46. The molecule has 13 heteroatoms. The number of aliphatic hydroxyl groups excluding tert-OH is 3. The van der Waals surface area contributed by atoms with Gasteiger partial charge in [0, 0.05) is 11.6 Å². The third kappa shape index (κ3) is 5.26. The summed E-state index contributed by atoms with van der Waals surface area (Å²) >= 11 is 12.0. The molecule has 0 saturated carbocycles. The fraction of sp³-hybridized carbons (Fsp3) is 0.368. The average Bonchev–Trinajstić information content (AvgIpc) is 2.72. The van der Waals surface area contributed by atoms with Gasteiger partial charge in [0.25, 0.3) is 0 Å². The third-order valence-corrected chi connectivity index (χ3v) is 5.09. The predicted octanol–water partition coefficient (Wildman–Crippen LogP) is 0.524. The van der Waals surface area contributed by atoms with Crippen LogP contribution < -0.4 is 0 Å². The summed E-state index contributed by atoms with van der Waals surface area (Å²) in [6.07, 6.45) is -8.23. The molecule has 0 bridgehead atoms. The van der Waals surface area contributed by atoms with Crippen molar-refractivity contribution in [1.82, 2.24) is 4.98 Å². The minimum Gasteiger partial charge on any atom is -0.481 e. The van der Waals surface area contributed by atoms with Gasteiger partial charge in [-0.05, 0) is 12.1 Å². The minimum atomic E-state index is -1.85. The summed E-state index contributed by atoms with van der Waals surface area (Å²) in [6, 6.07) is 4.55. The molecule has 172 valence electrons. The van der Waals surface area contributed by atoms with Gasteiger partial charge in [0.1, 0.15) is 43.0 Å². The SMILES string of the molecule is O=C(O)CC(=O)OC[C@H]1O[C@@H](OC(=O)c2c(Cl)ccc3cc(Cl)cnc23)[C@H](O)[C@@H](O)[C@@H]1O. The number of pyridine rings is 1. The van der Waals surface area contributed by atoms with Gasteiger partial charge < -0.3 is 34.6 Å². The highest BCUT2D eigenvalue weighted by atomic mass is 35.5. The number of carbonyl (C=O) groups is 3. The number of benzene rings is 1. The monoisotopic (exact) mass is 489 g/mol. The number of ether oxygens (including phenoxy) is 3. The number of fused-ring (bicyclic) bond motifs is 1. The molecular formula is C19H17Cl2NO10. The summed E-state index contributed by atoms with van der Waals surface area (Å²) < 4.78 is 15.1. The van der Waals surface area contributed by atoms with Gasteiger partial charge in [0.05, 0.1) is 15.6 Å². The second-order valence-corrected chi connectivity index (χ2v) is 7.66. The van der Waals surface area contributed by atoms with Crippen LogP contribution in [0.3, 0.4) is 0 Å². The Balaban J connectivity index is 1.78. The van der Waals surface area contributed by atoms with Crippen LogP contribution in [-0.4, -0.2) is 80.6 Å². The molecule has 1 aliphatic heterocycles. The lowest BCUT2D eigenvalue weighted by atomic mass is 9.99. The molecule has 1 aromatic carbocycles. The second-order valence-electron chi connectivity index (χ2n) is 6.82. The molecule has 0 unspecified atom stereocenters. The van der Waals surface area contributed by atoms with Crippen LogP contribution in [0.2, 0.25) is 10.0 Å². The fourth-order valence-corrected chi connectivity index (χ4v) is 3.41. The molecule has 0 amide bonds. The van der Waals surface area contributed by atoms with E-state index in [0.29, 0.717) is 10.4 Å². The van der Waals surface area contributed by atoms with Crippen LogP contribution in [0.5, 0.6) is 0 Å². The zero-order valence-electron chi connectivity index (χ0n) is 16.1. The molecule has 1 aromatic heterocycles. The van der Waals surface area contributed by atoms with Gasteiger partial charge in [-0.2, -0.15) is 0 Å². The van der Waals surface area contributed by atoms with E-state index in [-0.39, 0.29) is 16.1 Å². The summed E-state index contributed by atoms with van der Waals surface area (Å²) in [7, 11) is 0. The van der Waals surface area contributed by atoms with Gasteiger partial charge in [0.2, 0.25) is 6.29 Å². The first-order valence-electron chi connectivity index (χ1n) is 9.10. The number of carboxylic acids is 1. The highest BCUT2D eigenvalue weighted by Crippen LogP contribution is 2.29. The lowest BCUT2D eigenvalue weighted by molar-refractivity contribution is -0.286. The Bertz CT molecular complexity index is 1050. The molecule has 4 N–H and O–H groups in total. The molecular weight excluding hydrogens is 473 g/mol. The van der Waals surface area contributed by atoms with Gasteiger partial charge in [-0.1, -0.05) is 29.3 Å². The Labute approximate surface area is 190 Å². The number of aliphatic hydroxyl groups is 3. The summed E-state index contributed by atoms with van der Waals surface area (Å²) in [6.45, 7) is -0.666. The van der Waals surface area contributed by atoms with Crippen molar-refractivity contribution in [3.8, 4) is 0 Å². The predicted molar refractivity (Wildman–Crippen MR) is 107 cm³/mol. The zero-order valence-corrected chi connectivity index (χ0v) is 17.6. The Morgan fingerprint density at radius 1 is 1.09 bits per heavy atom. The first-order valence-corrected chi connectivity index (χ1v) is 9.86. The lowest BCUT2D eigenvalue weighted by Gasteiger charge is -2.39. The molecule has 5 atom stereocenters. The first-order chi connectivity index (χ1) is 15.1. The van der Waals surface area contributed by atoms with Crippen LogP contribution in [0, 0.1) is 0 Å². The van der Waals surface area contributed by atoms with E-state index in [2.05, 4.69) is 4.98 Å². The second kappa shape index (κ2) is 9.94. The molecule has 1 fully saturated rings. The van der Waals surface area contributed by atoms with E-state index in [4.69, 9.17) is 42.5 Å². The Morgan fingerprint density at radius 2 is 1.81 bits per heavy atom. The van der Waals surface area contributed by atoms with Crippen molar-refractivity contribution in [3.05, 3.63) is 40.0 Å². The molecule has 1 saturated heterocycles. The zero-order chi connectivity index (χ0) is 23.6. The van der Waals surface area contributed by atoms with Gasteiger partial charge in [-0.25, -0.2) is 4.79 Å². The number of esters is 2. The summed E-state index contributed by atoms with van der Waals surface area (Å²) in [4.78, 5) is 38.8. The summed E-state index contributed by atoms with van der Waals surface area (Å²) in [5, 5.41) is 39.7. The van der Waals surface area contributed by atoms with Crippen LogP contribution in [0.4, 0.5) is 0 Å². The number of nitrogens with zero attached hydrogens (tertiary/aromatic N) is 1. The maximum atomic E-state index is 12.8. The minimum absolute atomic E-state index is 0.0117. The van der Waals surface area contributed by atoms with Crippen LogP contribution in [-0.2, 0) is 23.8 Å². The number of aliphatic carboxylic acids is 1. The highest BCUT2D eigenvalue weighted by molar-refractivity contribution is 6.35. The Kier molecular flexibility index (Phi) is 7.49. The standard InChI is InChI=1S/C19H17Cl2NO10/c20-8-3-7-1-2-9(21)13(14(7)22-5-8)18(29)32-19-17(28)16(27)15(26)10(31-19)6-30-12(25)4-11(23)24/h1-3,5,10,15-17,19,26-28H,4,6H2,(H,23,24)/t10-,15-,16+,17-,19+/m1/s1. The maximum absolute atomic E-state index is 12.8. The number of hydrogen-bond acceptors (Lipinski definition) is 10. The lowest BCUT2D eigenvalue weighted by Crippen LogP contribution is -2.59. The third-order valence-electron chi connectivity index (χ3n) is 4.57. The Hall–Kier alpha value is -2.54. The molecule has 2 heterocycles. The molecule has 11 nitrogen and oxygen atoms in total. The molecule has 0 spiro atoms. The Morgan fingerprint density at radius 3 is 2.50 bits per heavy atom. The van der Waals surface area contributed by atoms with Crippen molar-refractivity contribution in [2.45, 2.75) is 37.1 Å². The van der Waals surface area contributed by atoms with Gasteiger partial charge >= 0.3 is 17.9 Å². The molecule has 3 rings (SSSR count). The smallest absolute Gasteiger partial charge is 0.344 e. The van der Waals surface area contributed by atoms with Crippen molar-refractivity contribution >= 4 is 52.0 Å². The molecule has 1 aliphatic rings. The van der Waals surface area contributed by atoms with Crippen LogP contribution in [0.1, 0.15) is 16.8 Å². The number of rotatable bonds is 6. The van der Waals surface area contributed by atoms with E-state index in [9.17, 15) is 29.7 Å². The van der Waals surface area contributed by atoms with E-state index < -0.39 is 61.6 Å². The van der Waals surface area contributed by atoms with Crippen molar-refractivity contribution in [2.24, 2.45) is 0 Å². The number of hydrogen-bond donors (Lipinski definition) is 4. The van der Waals surface area contributed by atoms with Crippen molar-refractivity contribution in [2.75, 3.05) is 6.61 Å². The molecule has 0 radical (unpaired) electrons. The number of halogens is 2.